The Hall–Kier alpha value is -1.47. The van der Waals surface area contributed by atoms with E-state index in [1.807, 2.05) is 18.8 Å². The van der Waals surface area contributed by atoms with Crippen LogP contribution in [0.4, 0.5) is 0 Å². The van der Waals surface area contributed by atoms with Crippen molar-refractivity contribution in [1.29, 1.82) is 0 Å². The highest BCUT2D eigenvalue weighted by atomic mass is 32.1. The Morgan fingerprint density at radius 2 is 1.61 bits per heavy atom. The lowest BCUT2D eigenvalue weighted by Gasteiger charge is -2.55. The number of hydrogen-bond donors (Lipinski definition) is 2. The third-order valence-electron chi connectivity index (χ3n) is 10.2. The molecule has 0 bridgehead atoms. The van der Waals surface area contributed by atoms with E-state index in [1.54, 1.807) is 6.26 Å². The Morgan fingerprint density at radius 3 is 2.28 bits per heavy atom. The lowest BCUT2D eigenvalue weighted by atomic mass is 9.69. The summed E-state index contributed by atoms with van der Waals surface area (Å²) in [5.41, 5.74) is 3.78. The first kappa shape index (κ1) is 24.8. The van der Waals surface area contributed by atoms with Gasteiger partial charge in [0.15, 0.2) is 0 Å². The average Bonchev–Trinajstić information content (AvgIpc) is 3.61. The van der Waals surface area contributed by atoms with Gasteiger partial charge in [-0.1, -0.05) is 19.9 Å². The predicted molar refractivity (Wildman–Crippen MR) is 145 cm³/mol. The number of furan rings is 2. The second-order valence-electron chi connectivity index (χ2n) is 12.3. The summed E-state index contributed by atoms with van der Waals surface area (Å²) in [6.45, 7) is 5.81. The number of nitrogens with zero attached hydrogens (tertiary/aromatic N) is 2. The molecule has 5 nitrogen and oxygen atoms in total. The van der Waals surface area contributed by atoms with Gasteiger partial charge in [0.1, 0.15) is 6.23 Å². The summed E-state index contributed by atoms with van der Waals surface area (Å²) in [4.78, 5) is 5.18. The zero-order chi connectivity index (χ0) is 24.9. The summed E-state index contributed by atoms with van der Waals surface area (Å²) >= 11 is 4.96. The Morgan fingerprint density at radius 1 is 0.944 bits per heavy atom. The summed E-state index contributed by atoms with van der Waals surface area (Å²) in [5, 5.41) is 11.8. The zero-order valence-corrected chi connectivity index (χ0v) is 22.7. The van der Waals surface area contributed by atoms with Crippen molar-refractivity contribution < 1.29 is 13.9 Å². The molecule has 4 aliphatic heterocycles. The minimum absolute atomic E-state index is 0.0743. The minimum Gasteiger partial charge on any atom is -0.472 e. The van der Waals surface area contributed by atoms with Crippen LogP contribution in [0.25, 0.3) is 0 Å². The monoisotopic (exact) mass is 510 g/mol. The molecule has 36 heavy (non-hydrogen) atoms. The molecule has 6 rings (SSSR count). The van der Waals surface area contributed by atoms with Gasteiger partial charge < -0.3 is 13.9 Å². The number of fused-ring (bicyclic) bond motifs is 2. The summed E-state index contributed by atoms with van der Waals surface area (Å²) in [6.07, 6.45) is 18.3. The molecule has 0 saturated carbocycles. The minimum atomic E-state index is -0.536. The normalized spacial score (nSPS) is 39.9. The van der Waals surface area contributed by atoms with Crippen LogP contribution in [0.2, 0.25) is 0 Å². The van der Waals surface area contributed by atoms with Crippen molar-refractivity contribution in [2.45, 2.75) is 95.6 Å². The summed E-state index contributed by atoms with van der Waals surface area (Å²) < 4.78 is 10.9. The maximum absolute atomic E-state index is 11.8. The van der Waals surface area contributed by atoms with Gasteiger partial charge in [-0.3, -0.25) is 9.80 Å². The zero-order valence-electron chi connectivity index (χ0n) is 21.8. The van der Waals surface area contributed by atoms with E-state index in [0.717, 1.165) is 37.5 Å². The molecule has 4 aliphatic rings. The van der Waals surface area contributed by atoms with Crippen molar-refractivity contribution in [3.05, 3.63) is 60.0 Å². The largest absolute Gasteiger partial charge is 0.472 e. The van der Waals surface area contributed by atoms with Crippen LogP contribution in [0.3, 0.4) is 0 Å². The first-order chi connectivity index (χ1) is 17.5. The molecule has 0 spiro atoms. The fraction of sp³-hybridized carbons (Fsp3) is 0.667. The number of hydrogen-bond acceptors (Lipinski definition) is 6. The van der Waals surface area contributed by atoms with Crippen molar-refractivity contribution in [3.63, 3.8) is 0 Å². The Kier molecular flexibility index (Phi) is 6.91. The molecule has 6 heteroatoms. The molecule has 2 unspecified atom stereocenters. The van der Waals surface area contributed by atoms with Crippen LogP contribution in [0.15, 0.2) is 57.7 Å². The van der Waals surface area contributed by atoms with Gasteiger partial charge in [0.05, 0.1) is 25.1 Å². The van der Waals surface area contributed by atoms with Crippen LogP contribution >= 0.6 is 12.6 Å². The fourth-order valence-electron chi connectivity index (χ4n) is 8.05. The quantitative estimate of drug-likeness (QED) is 0.350. The van der Waals surface area contributed by atoms with Crippen molar-refractivity contribution >= 4 is 12.6 Å². The average molecular weight is 511 g/mol. The van der Waals surface area contributed by atoms with Gasteiger partial charge in [-0.15, -0.1) is 0 Å². The lowest BCUT2D eigenvalue weighted by molar-refractivity contribution is -0.0853. The van der Waals surface area contributed by atoms with Crippen molar-refractivity contribution in [3.8, 4) is 0 Å². The summed E-state index contributed by atoms with van der Waals surface area (Å²) in [6, 6.07) is 5.87. The Labute approximate surface area is 221 Å². The smallest absolute Gasteiger partial charge is 0.130 e. The molecule has 0 radical (unpaired) electrons. The van der Waals surface area contributed by atoms with Crippen molar-refractivity contribution in [2.24, 2.45) is 17.3 Å². The first-order valence-electron chi connectivity index (χ1n) is 14.0. The molecule has 196 valence electrons. The highest BCUT2D eigenvalue weighted by Crippen LogP contribution is 2.50. The molecular weight excluding hydrogens is 468 g/mol. The van der Waals surface area contributed by atoms with E-state index in [2.05, 4.69) is 41.9 Å². The highest BCUT2D eigenvalue weighted by Gasteiger charge is 2.48. The third-order valence-corrected chi connectivity index (χ3v) is 10.8. The first-order valence-corrected chi connectivity index (χ1v) is 14.7. The van der Waals surface area contributed by atoms with Crippen LogP contribution < -0.4 is 0 Å². The van der Waals surface area contributed by atoms with Crippen LogP contribution in [-0.2, 0) is 0 Å². The van der Waals surface area contributed by atoms with E-state index < -0.39 is 6.23 Å². The van der Waals surface area contributed by atoms with Crippen molar-refractivity contribution in [1.82, 2.24) is 9.80 Å². The van der Waals surface area contributed by atoms with Crippen LogP contribution in [0.5, 0.6) is 0 Å². The maximum Gasteiger partial charge on any atom is 0.130 e. The molecule has 3 saturated heterocycles. The number of piperidine rings is 3. The van der Waals surface area contributed by atoms with E-state index in [4.69, 9.17) is 21.5 Å². The fourth-order valence-corrected chi connectivity index (χ4v) is 8.42. The second-order valence-corrected chi connectivity index (χ2v) is 12.6. The topological polar surface area (TPSA) is 53.0 Å². The van der Waals surface area contributed by atoms with E-state index in [1.165, 1.54) is 48.8 Å². The Bertz CT molecular complexity index is 1040. The lowest BCUT2D eigenvalue weighted by Crippen LogP contribution is -2.57. The number of aliphatic hydroxyl groups excluding tert-OH is 1. The van der Waals surface area contributed by atoms with Gasteiger partial charge >= 0.3 is 0 Å². The SMILES string of the molecule is C[C@@H]1CC[C@@H](c2ccoc2)N2CC(CS)(CC3=CC[C@H]4[C@H](C)CCC(c5ccoc5)N4[C@@H]3O)CC[C@@H]12. The highest BCUT2D eigenvalue weighted by molar-refractivity contribution is 7.80. The molecule has 2 aromatic rings. The third kappa shape index (κ3) is 4.32. The van der Waals surface area contributed by atoms with E-state index in [0.29, 0.717) is 24.0 Å². The Balaban J connectivity index is 1.25. The van der Waals surface area contributed by atoms with Crippen LogP contribution in [0, 0.1) is 17.3 Å². The molecule has 8 atom stereocenters. The van der Waals surface area contributed by atoms with Crippen molar-refractivity contribution in [2.75, 3.05) is 12.3 Å². The van der Waals surface area contributed by atoms with Gasteiger partial charge in [-0.25, -0.2) is 0 Å². The van der Waals surface area contributed by atoms with Gasteiger partial charge in [-0.2, -0.15) is 12.6 Å². The molecule has 6 heterocycles. The maximum atomic E-state index is 11.8. The number of rotatable bonds is 5. The standard InChI is InChI=1S/C30H42N2O3S/c1-20-3-6-27(23-10-13-34-16-23)31-18-30(19-36,12-9-25(20)31)15-22-5-8-26-21(2)4-7-28(32(26)29(22)33)24-11-14-35-17-24/h5,10-11,13-14,16-17,20-21,25-29,33,36H,3-4,6-9,12,15,18-19H2,1-2H3/t20-,21-,25+,26+,27+,28?,29-,30?/m1/s1. The number of aliphatic hydroxyl groups is 1. The van der Waals surface area contributed by atoms with Crippen LogP contribution in [-0.4, -0.2) is 45.5 Å². The molecular formula is C30H42N2O3S. The second kappa shape index (κ2) is 10.0. The molecule has 0 amide bonds. The van der Waals surface area contributed by atoms with E-state index in [-0.39, 0.29) is 11.5 Å². The molecule has 0 aromatic carbocycles. The van der Waals surface area contributed by atoms with E-state index >= 15 is 0 Å². The summed E-state index contributed by atoms with van der Waals surface area (Å²) in [5.74, 6) is 2.15. The molecule has 2 aromatic heterocycles. The molecule has 1 N–H and O–H groups in total. The molecule has 0 aliphatic carbocycles. The summed E-state index contributed by atoms with van der Waals surface area (Å²) in [7, 11) is 0. The van der Waals surface area contributed by atoms with Gasteiger partial charge in [0.2, 0.25) is 0 Å². The predicted octanol–water partition coefficient (Wildman–Crippen LogP) is 6.60. The molecule has 3 fully saturated rings. The van der Waals surface area contributed by atoms with Gasteiger partial charge in [-0.05, 0) is 92.1 Å². The number of thiol groups is 1. The van der Waals surface area contributed by atoms with Gasteiger partial charge in [0.25, 0.3) is 0 Å². The van der Waals surface area contributed by atoms with Crippen LogP contribution in [0.1, 0.15) is 88.4 Å². The van der Waals surface area contributed by atoms with Gasteiger partial charge in [0, 0.05) is 41.8 Å². The van der Waals surface area contributed by atoms with E-state index in [9.17, 15) is 5.11 Å².